The molecule has 0 saturated heterocycles. The number of hydrogen-bond acceptors (Lipinski definition) is 2. The van der Waals surface area contributed by atoms with Gasteiger partial charge in [-0.1, -0.05) is 22.4 Å². The van der Waals surface area contributed by atoms with Gasteiger partial charge in [-0.15, -0.1) is 0 Å². The molecule has 0 aromatic rings. The van der Waals surface area contributed by atoms with Crippen LogP contribution in [0.15, 0.2) is 0 Å². The van der Waals surface area contributed by atoms with E-state index in [2.05, 4.69) is 15.9 Å². The molecule has 2 N–H and O–H groups in total. The molecule has 0 saturated carbocycles. The molecule has 0 aromatic carbocycles. The first-order valence-electron chi connectivity index (χ1n) is 3.62. The Morgan fingerprint density at radius 3 is 2.55 bits per heavy atom. The molecule has 0 amide bonds. The van der Waals surface area contributed by atoms with Gasteiger partial charge >= 0.3 is 5.97 Å². The smallest absolute Gasteiger partial charge is 0.305 e. The fourth-order valence-electron chi connectivity index (χ4n) is 0.778. The van der Waals surface area contributed by atoms with Crippen LogP contribution in [0, 0.1) is 0 Å². The minimum Gasteiger partial charge on any atom is -0.481 e. The number of carbonyl (C=O) groups is 1. The molecule has 11 heavy (non-hydrogen) atoms. The Hall–Kier alpha value is -0.0900. The van der Waals surface area contributed by atoms with Gasteiger partial charge in [0.2, 0.25) is 0 Å². The molecule has 3 nitrogen and oxygen atoms in total. The Kier molecular flexibility index (Phi) is 6.56. The van der Waals surface area contributed by atoms with Crippen LogP contribution in [-0.4, -0.2) is 27.6 Å². The second kappa shape index (κ2) is 6.61. The first-order chi connectivity index (χ1) is 5.16. The molecular weight excluding hydrogens is 212 g/mol. The predicted molar refractivity (Wildman–Crippen MR) is 45.9 cm³/mol. The van der Waals surface area contributed by atoms with Crippen molar-refractivity contribution < 1.29 is 15.0 Å². The maximum atomic E-state index is 10.1. The van der Waals surface area contributed by atoms with Crippen LogP contribution in [-0.2, 0) is 4.79 Å². The number of carboxylic acid groups (broad SMARTS) is 1. The van der Waals surface area contributed by atoms with E-state index in [1.165, 1.54) is 0 Å². The summed E-state index contributed by atoms with van der Waals surface area (Å²) in [6.07, 6.45) is 1.63. The predicted octanol–water partition coefficient (Wildman–Crippen LogP) is 1.39. The Bertz CT molecular complexity index is 116. The molecule has 0 heterocycles. The highest BCUT2D eigenvalue weighted by molar-refractivity contribution is 9.09. The van der Waals surface area contributed by atoms with Gasteiger partial charge in [0.1, 0.15) is 0 Å². The van der Waals surface area contributed by atoms with E-state index in [9.17, 15) is 4.79 Å². The lowest BCUT2D eigenvalue weighted by atomic mass is 10.1. The molecule has 0 aliphatic rings. The van der Waals surface area contributed by atoms with Crippen molar-refractivity contribution in [2.45, 2.75) is 31.8 Å². The Balaban J connectivity index is 3.22. The monoisotopic (exact) mass is 224 g/mol. The number of rotatable bonds is 6. The summed E-state index contributed by atoms with van der Waals surface area (Å²) in [5, 5.41) is 18.2. The number of aliphatic hydroxyl groups is 1. The molecule has 0 bridgehead atoms. The molecule has 0 aromatic heterocycles. The topological polar surface area (TPSA) is 57.5 Å². The SMILES string of the molecule is O=C(O)CC(O)CCCCBr. The average Bonchev–Trinajstić information content (AvgIpc) is 1.86. The Morgan fingerprint density at radius 2 is 2.09 bits per heavy atom. The summed E-state index contributed by atoms with van der Waals surface area (Å²) in [7, 11) is 0. The van der Waals surface area contributed by atoms with E-state index >= 15 is 0 Å². The number of unbranched alkanes of at least 4 members (excludes halogenated alkanes) is 1. The van der Waals surface area contributed by atoms with Gasteiger partial charge in [-0.2, -0.15) is 0 Å². The number of aliphatic carboxylic acids is 1. The number of alkyl halides is 1. The highest BCUT2D eigenvalue weighted by Crippen LogP contribution is 2.05. The lowest BCUT2D eigenvalue weighted by Gasteiger charge is -2.05. The lowest BCUT2D eigenvalue weighted by Crippen LogP contribution is -2.12. The van der Waals surface area contributed by atoms with Crippen LogP contribution in [0.5, 0.6) is 0 Å². The molecule has 0 aliphatic heterocycles. The highest BCUT2D eigenvalue weighted by atomic mass is 79.9. The van der Waals surface area contributed by atoms with Gasteiger partial charge in [0.05, 0.1) is 12.5 Å². The largest absolute Gasteiger partial charge is 0.481 e. The fraction of sp³-hybridized carbons (Fsp3) is 0.857. The van der Waals surface area contributed by atoms with Gasteiger partial charge in [-0.25, -0.2) is 0 Å². The molecule has 0 radical (unpaired) electrons. The highest BCUT2D eigenvalue weighted by Gasteiger charge is 2.07. The summed E-state index contributed by atoms with van der Waals surface area (Å²) in [6.45, 7) is 0. The van der Waals surface area contributed by atoms with Crippen LogP contribution >= 0.6 is 15.9 Å². The summed E-state index contributed by atoms with van der Waals surface area (Å²) in [5.41, 5.74) is 0. The average molecular weight is 225 g/mol. The molecular formula is C7H13BrO3. The molecule has 0 aliphatic carbocycles. The number of aliphatic hydroxyl groups excluding tert-OH is 1. The maximum absolute atomic E-state index is 10.1. The summed E-state index contributed by atoms with van der Waals surface area (Å²) < 4.78 is 0. The molecule has 0 rings (SSSR count). The van der Waals surface area contributed by atoms with Gasteiger partial charge in [-0.3, -0.25) is 4.79 Å². The van der Waals surface area contributed by atoms with Gasteiger partial charge in [0.15, 0.2) is 0 Å². The van der Waals surface area contributed by atoms with Crippen molar-refractivity contribution in [2.24, 2.45) is 0 Å². The molecule has 66 valence electrons. The van der Waals surface area contributed by atoms with Crippen LogP contribution < -0.4 is 0 Å². The molecule has 1 unspecified atom stereocenters. The van der Waals surface area contributed by atoms with Gasteiger partial charge in [0, 0.05) is 5.33 Å². The first kappa shape index (κ1) is 10.9. The van der Waals surface area contributed by atoms with Crippen LogP contribution in [0.2, 0.25) is 0 Å². The van der Waals surface area contributed by atoms with Gasteiger partial charge < -0.3 is 10.2 Å². The summed E-state index contributed by atoms with van der Waals surface area (Å²) in [4.78, 5) is 10.1. The van der Waals surface area contributed by atoms with Crippen molar-refractivity contribution >= 4 is 21.9 Å². The maximum Gasteiger partial charge on any atom is 0.305 e. The number of carboxylic acids is 1. The molecule has 0 spiro atoms. The fourth-order valence-corrected chi connectivity index (χ4v) is 1.17. The summed E-state index contributed by atoms with van der Waals surface area (Å²) >= 11 is 3.25. The lowest BCUT2D eigenvalue weighted by molar-refractivity contribution is -0.139. The van der Waals surface area contributed by atoms with E-state index in [0.29, 0.717) is 6.42 Å². The van der Waals surface area contributed by atoms with Crippen molar-refractivity contribution in [3.8, 4) is 0 Å². The zero-order valence-electron chi connectivity index (χ0n) is 6.29. The zero-order chi connectivity index (χ0) is 8.69. The van der Waals surface area contributed by atoms with Gasteiger partial charge in [-0.05, 0) is 12.8 Å². The van der Waals surface area contributed by atoms with Gasteiger partial charge in [0.25, 0.3) is 0 Å². The Labute approximate surface area is 74.5 Å². The molecule has 4 heteroatoms. The second-order valence-electron chi connectivity index (χ2n) is 2.44. The molecule has 1 atom stereocenters. The number of hydrogen-bond donors (Lipinski definition) is 2. The van der Waals surface area contributed by atoms with Crippen LogP contribution in [0.3, 0.4) is 0 Å². The van der Waals surface area contributed by atoms with Crippen LogP contribution in [0.25, 0.3) is 0 Å². The quantitative estimate of drug-likeness (QED) is 0.530. The summed E-state index contributed by atoms with van der Waals surface area (Å²) in [6, 6.07) is 0. The van der Waals surface area contributed by atoms with Crippen molar-refractivity contribution in [3.63, 3.8) is 0 Å². The zero-order valence-corrected chi connectivity index (χ0v) is 7.88. The van der Waals surface area contributed by atoms with Crippen molar-refractivity contribution in [3.05, 3.63) is 0 Å². The third-order valence-corrected chi connectivity index (χ3v) is 1.89. The van der Waals surface area contributed by atoms with Crippen molar-refractivity contribution in [1.82, 2.24) is 0 Å². The van der Waals surface area contributed by atoms with E-state index in [1.54, 1.807) is 0 Å². The van der Waals surface area contributed by atoms with E-state index in [0.717, 1.165) is 18.2 Å². The van der Waals surface area contributed by atoms with Crippen molar-refractivity contribution in [1.29, 1.82) is 0 Å². The minimum atomic E-state index is -0.934. The number of halogens is 1. The minimum absolute atomic E-state index is 0.137. The van der Waals surface area contributed by atoms with E-state index in [1.807, 2.05) is 0 Å². The summed E-state index contributed by atoms with van der Waals surface area (Å²) in [5.74, 6) is -0.934. The van der Waals surface area contributed by atoms with Crippen molar-refractivity contribution in [2.75, 3.05) is 5.33 Å². The van der Waals surface area contributed by atoms with E-state index < -0.39 is 12.1 Å². The third-order valence-electron chi connectivity index (χ3n) is 1.33. The van der Waals surface area contributed by atoms with E-state index in [-0.39, 0.29) is 6.42 Å². The van der Waals surface area contributed by atoms with Crippen LogP contribution in [0.1, 0.15) is 25.7 Å². The second-order valence-corrected chi connectivity index (χ2v) is 3.23. The van der Waals surface area contributed by atoms with E-state index in [4.69, 9.17) is 10.2 Å². The normalized spacial score (nSPS) is 12.9. The first-order valence-corrected chi connectivity index (χ1v) is 4.74. The Morgan fingerprint density at radius 1 is 1.45 bits per heavy atom. The third kappa shape index (κ3) is 7.81. The molecule has 0 fully saturated rings. The van der Waals surface area contributed by atoms with Crippen LogP contribution in [0.4, 0.5) is 0 Å². The standard InChI is InChI=1S/C7H13BrO3/c8-4-2-1-3-6(9)5-7(10)11/h6,9H,1-5H2,(H,10,11).